The van der Waals surface area contributed by atoms with Gasteiger partial charge in [-0.25, -0.2) is 4.98 Å². The highest BCUT2D eigenvalue weighted by Crippen LogP contribution is 2.26. The molecule has 0 aliphatic carbocycles. The van der Waals surface area contributed by atoms with Gasteiger partial charge in [-0.2, -0.15) is 0 Å². The van der Waals surface area contributed by atoms with E-state index >= 15 is 0 Å². The molecule has 128 valence electrons. The molecule has 0 aliphatic heterocycles. The van der Waals surface area contributed by atoms with Crippen LogP contribution < -0.4 is 5.56 Å². The van der Waals surface area contributed by atoms with Gasteiger partial charge >= 0.3 is 0 Å². The van der Waals surface area contributed by atoms with Crippen LogP contribution in [0.15, 0.2) is 83.7 Å². The fourth-order valence-electron chi connectivity index (χ4n) is 3.11. The van der Waals surface area contributed by atoms with Gasteiger partial charge in [0.15, 0.2) is 0 Å². The summed E-state index contributed by atoms with van der Waals surface area (Å²) >= 11 is 6.40. The van der Waals surface area contributed by atoms with Crippen molar-refractivity contribution in [2.75, 3.05) is 0 Å². The minimum absolute atomic E-state index is 0.0403. The van der Waals surface area contributed by atoms with Crippen LogP contribution >= 0.6 is 11.6 Å². The molecule has 4 heteroatoms. The van der Waals surface area contributed by atoms with Crippen molar-refractivity contribution in [3.8, 4) is 11.4 Å². The first-order chi connectivity index (χ1) is 12.7. The average molecular weight is 361 g/mol. The average Bonchev–Trinajstić information content (AvgIpc) is 2.68. The predicted molar refractivity (Wildman–Crippen MR) is 107 cm³/mol. The van der Waals surface area contributed by atoms with Crippen LogP contribution in [-0.2, 0) is 13.0 Å². The van der Waals surface area contributed by atoms with Crippen molar-refractivity contribution in [2.45, 2.75) is 13.0 Å². The van der Waals surface area contributed by atoms with Gasteiger partial charge in [0.2, 0.25) is 0 Å². The van der Waals surface area contributed by atoms with Crippen molar-refractivity contribution < 1.29 is 0 Å². The van der Waals surface area contributed by atoms with Gasteiger partial charge < -0.3 is 0 Å². The zero-order chi connectivity index (χ0) is 17.9. The lowest BCUT2D eigenvalue weighted by atomic mass is 10.1. The normalized spacial score (nSPS) is 11.0. The Bertz CT molecular complexity index is 1120. The molecule has 0 saturated heterocycles. The number of hydrogen-bond donors (Lipinski definition) is 0. The summed E-state index contributed by atoms with van der Waals surface area (Å²) in [5.41, 5.74) is 2.59. The molecule has 0 aliphatic rings. The van der Waals surface area contributed by atoms with Gasteiger partial charge in [-0.15, -0.1) is 0 Å². The van der Waals surface area contributed by atoms with Crippen molar-refractivity contribution in [3.05, 3.63) is 99.8 Å². The molecule has 0 unspecified atom stereocenters. The number of rotatable bonds is 4. The minimum atomic E-state index is -0.0403. The molecular formula is C22H17ClN2O. The molecule has 1 heterocycles. The second kappa shape index (κ2) is 7.14. The van der Waals surface area contributed by atoms with Crippen LogP contribution in [0.1, 0.15) is 5.56 Å². The largest absolute Gasteiger partial charge is 0.292 e. The summed E-state index contributed by atoms with van der Waals surface area (Å²) in [6, 6.07) is 25.1. The van der Waals surface area contributed by atoms with Gasteiger partial charge in [0.25, 0.3) is 5.56 Å². The van der Waals surface area contributed by atoms with E-state index in [4.69, 9.17) is 16.6 Å². The van der Waals surface area contributed by atoms with Crippen LogP contribution in [-0.4, -0.2) is 9.55 Å². The van der Waals surface area contributed by atoms with E-state index in [9.17, 15) is 4.79 Å². The Morgan fingerprint density at radius 2 is 1.54 bits per heavy atom. The van der Waals surface area contributed by atoms with Gasteiger partial charge in [-0.05, 0) is 36.2 Å². The van der Waals surface area contributed by atoms with E-state index in [1.807, 2.05) is 66.7 Å². The molecule has 4 rings (SSSR count). The highest BCUT2D eigenvalue weighted by atomic mass is 35.5. The molecule has 1 aromatic heterocycles. The summed E-state index contributed by atoms with van der Waals surface area (Å²) in [4.78, 5) is 17.9. The highest BCUT2D eigenvalue weighted by molar-refractivity contribution is 6.33. The first kappa shape index (κ1) is 16.6. The lowest BCUT2D eigenvalue weighted by molar-refractivity contribution is 0.671. The van der Waals surface area contributed by atoms with Crippen LogP contribution in [0, 0.1) is 0 Å². The van der Waals surface area contributed by atoms with Crippen LogP contribution in [0.3, 0.4) is 0 Å². The Morgan fingerprint density at radius 3 is 2.35 bits per heavy atom. The quantitative estimate of drug-likeness (QED) is 0.515. The number of halogens is 1. The van der Waals surface area contributed by atoms with Crippen molar-refractivity contribution in [1.29, 1.82) is 0 Å². The minimum Gasteiger partial charge on any atom is -0.292 e. The van der Waals surface area contributed by atoms with E-state index < -0.39 is 0 Å². The summed E-state index contributed by atoms with van der Waals surface area (Å²) in [6.45, 7) is 0.543. The number of para-hydroxylation sites is 1. The molecule has 3 nitrogen and oxygen atoms in total. The maximum atomic E-state index is 13.1. The van der Waals surface area contributed by atoms with E-state index in [1.54, 1.807) is 4.57 Å². The topological polar surface area (TPSA) is 34.9 Å². The van der Waals surface area contributed by atoms with Crippen molar-refractivity contribution >= 4 is 22.5 Å². The van der Waals surface area contributed by atoms with Crippen LogP contribution in [0.2, 0.25) is 5.02 Å². The molecule has 0 N–H and O–H groups in total. The lowest BCUT2D eigenvalue weighted by Crippen LogP contribution is -2.24. The lowest BCUT2D eigenvalue weighted by Gasteiger charge is -2.14. The molecule has 0 saturated carbocycles. The second-order valence-corrected chi connectivity index (χ2v) is 6.53. The molecule has 0 spiro atoms. The Morgan fingerprint density at radius 1 is 0.846 bits per heavy atom. The summed E-state index contributed by atoms with van der Waals surface area (Å²) in [5, 5.41) is 1.21. The third-order valence-electron chi connectivity index (χ3n) is 4.44. The van der Waals surface area contributed by atoms with Crippen molar-refractivity contribution in [3.63, 3.8) is 0 Å². The number of hydrogen-bond acceptors (Lipinski definition) is 2. The number of benzene rings is 3. The van der Waals surface area contributed by atoms with Gasteiger partial charge in [-0.1, -0.05) is 66.2 Å². The third kappa shape index (κ3) is 3.14. The summed E-state index contributed by atoms with van der Waals surface area (Å²) < 4.78 is 1.73. The van der Waals surface area contributed by atoms with Crippen LogP contribution in [0.4, 0.5) is 0 Å². The smallest absolute Gasteiger partial charge is 0.261 e. The van der Waals surface area contributed by atoms with E-state index in [1.165, 1.54) is 5.56 Å². The number of fused-ring (bicyclic) bond motifs is 1. The second-order valence-electron chi connectivity index (χ2n) is 6.12. The zero-order valence-corrected chi connectivity index (χ0v) is 14.9. The van der Waals surface area contributed by atoms with E-state index in [-0.39, 0.29) is 5.56 Å². The Hall–Kier alpha value is -2.91. The standard InChI is InChI=1S/C22H17ClN2O/c23-19-12-6-4-10-17(19)21-24-20-13-7-5-11-18(20)22(26)25(21)15-14-16-8-2-1-3-9-16/h1-13H,14-15H2. The van der Waals surface area contributed by atoms with Crippen LogP contribution in [0.5, 0.6) is 0 Å². The monoisotopic (exact) mass is 360 g/mol. The van der Waals surface area contributed by atoms with Gasteiger partial charge in [0.1, 0.15) is 5.82 Å². The molecule has 0 fully saturated rings. The fourth-order valence-corrected chi connectivity index (χ4v) is 3.33. The Balaban J connectivity index is 1.88. The Kier molecular flexibility index (Phi) is 4.55. The summed E-state index contributed by atoms with van der Waals surface area (Å²) in [6.07, 6.45) is 0.748. The first-order valence-corrected chi connectivity index (χ1v) is 8.90. The van der Waals surface area contributed by atoms with E-state index in [2.05, 4.69) is 12.1 Å². The van der Waals surface area contributed by atoms with Crippen LogP contribution in [0.25, 0.3) is 22.3 Å². The van der Waals surface area contributed by atoms with Crippen molar-refractivity contribution in [1.82, 2.24) is 9.55 Å². The molecule has 0 amide bonds. The molecule has 0 atom stereocenters. The first-order valence-electron chi connectivity index (χ1n) is 8.52. The van der Waals surface area contributed by atoms with Crippen molar-refractivity contribution in [2.24, 2.45) is 0 Å². The molecule has 4 aromatic rings. The zero-order valence-electron chi connectivity index (χ0n) is 14.1. The Labute approximate surface area is 156 Å². The summed E-state index contributed by atoms with van der Waals surface area (Å²) in [7, 11) is 0. The molecule has 0 radical (unpaired) electrons. The molecule has 0 bridgehead atoms. The number of aromatic nitrogens is 2. The van der Waals surface area contributed by atoms with E-state index in [0.717, 1.165) is 12.0 Å². The van der Waals surface area contributed by atoms with Gasteiger partial charge in [0.05, 0.1) is 15.9 Å². The highest BCUT2D eigenvalue weighted by Gasteiger charge is 2.14. The maximum absolute atomic E-state index is 13.1. The number of aryl methyl sites for hydroxylation is 1. The molecule has 3 aromatic carbocycles. The van der Waals surface area contributed by atoms with Gasteiger partial charge in [-0.3, -0.25) is 9.36 Å². The number of nitrogens with zero attached hydrogens (tertiary/aromatic N) is 2. The maximum Gasteiger partial charge on any atom is 0.261 e. The SMILES string of the molecule is O=c1c2ccccc2nc(-c2ccccc2Cl)n1CCc1ccccc1. The predicted octanol–water partition coefficient (Wildman–Crippen LogP) is 4.96. The molecule has 26 heavy (non-hydrogen) atoms. The fraction of sp³-hybridized carbons (Fsp3) is 0.0909. The summed E-state index contributed by atoms with van der Waals surface area (Å²) in [5.74, 6) is 0.607. The third-order valence-corrected chi connectivity index (χ3v) is 4.77. The molecular weight excluding hydrogens is 344 g/mol. The van der Waals surface area contributed by atoms with Gasteiger partial charge in [0, 0.05) is 12.1 Å². The van der Waals surface area contributed by atoms with E-state index in [0.29, 0.717) is 28.3 Å².